The number of ketones is 1. The third kappa shape index (κ3) is 1.70. The van der Waals surface area contributed by atoms with E-state index in [0.29, 0.717) is 11.3 Å². The smallest absolute Gasteiger partial charge is 0.200 e. The van der Waals surface area contributed by atoms with Crippen molar-refractivity contribution < 1.29 is 4.79 Å². The van der Waals surface area contributed by atoms with E-state index in [0.717, 1.165) is 0 Å². The van der Waals surface area contributed by atoms with Crippen LogP contribution in [-0.2, 0) is 4.79 Å². The third-order valence-electron chi connectivity index (χ3n) is 1.31. The lowest BCUT2D eigenvalue weighted by atomic mass is 10.1. The standard InChI is InChI=1S/C7H5Cl2NO/c1-4-2-5(10-9)3-6(8)7(4)11/h2-3H,1H3/b10-5-. The summed E-state index contributed by atoms with van der Waals surface area (Å²) in [7, 11) is 0. The zero-order valence-corrected chi connectivity index (χ0v) is 7.28. The van der Waals surface area contributed by atoms with E-state index in [1.807, 2.05) is 0 Å². The maximum atomic E-state index is 11.0. The van der Waals surface area contributed by atoms with Crippen LogP contribution in [0.15, 0.2) is 27.3 Å². The normalized spacial score (nSPS) is 21.7. The molecular weight excluding hydrogens is 185 g/mol. The van der Waals surface area contributed by atoms with Crippen molar-refractivity contribution in [1.29, 1.82) is 0 Å². The predicted octanol–water partition coefficient (Wildman–Crippen LogP) is 2.23. The molecule has 0 N–H and O–H groups in total. The average molecular weight is 190 g/mol. The van der Waals surface area contributed by atoms with Gasteiger partial charge < -0.3 is 0 Å². The summed E-state index contributed by atoms with van der Waals surface area (Å²) >= 11 is 10.8. The van der Waals surface area contributed by atoms with Crippen LogP contribution in [0.3, 0.4) is 0 Å². The maximum Gasteiger partial charge on any atom is 0.200 e. The van der Waals surface area contributed by atoms with Crippen LogP contribution in [0.25, 0.3) is 0 Å². The molecule has 11 heavy (non-hydrogen) atoms. The Morgan fingerprint density at radius 3 is 2.55 bits per heavy atom. The van der Waals surface area contributed by atoms with Crippen molar-refractivity contribution in [3.63, 3.8) is 0 Å². The lowest BCUT2D eigenvalue weighted by Crippen LogP contribution is -2.08. The number of carbonyl (C=O) groups excluding carboxylic acids is 1. The Morgan fingerprint density at radius 2 is 2.09 bits per heavy atom. The highest BCUT2D eigenvalue weighted by Crippen LogP contribution is 2.16. The van der Waals surface area contributed by atoms with Crippen molar-refractivity contribution in [3.8, 4) is 0 Å². The van der Waals surface area contributed by atoms with Crippen LogP contribution in [-0.4, -0.2) is 11.5 Å². The molecular formula is C7H5Cl2NO. The molecule has 0 amide bonds. The molecule has 1 rings (SSSR count). The van der Waals surface area contributed by atoms with Crippen LogP contribution in [0.2, 0.25) is 0 Å². The average Bonchev–Trinajstić information content (AvgIpc) is 1.99. The van der Waals surface area contributed by atoms with Gasteiger partial charge in [0.1, 0.15) is 0 Å². The van der Waals surface area contributed by atoms with Crippen molar-refractivity contribution in [2.45, 2.75) is 6.92 Å². The summed E-state index contributed by atoms with van der Waals surface area (Å²) < 4.78 is 3.38. The number of hydrogen-bond donors (Lipinski definition) is 0. The minimum absolute atomic E-state index is 0.157. The van der Waals surface area contributed by atoms with Gasteiger partial charge in [0.15, 0.2) is 5.78 Å². The van der Waals surface area contributed by atoms with E-state index in [-0.39, 0.29) is 10.8 Å². The van der Waals surface area contributed by atoms with Gasteiger partial charge in [0.05, 0.1) is 10.7 Å². The zero-order valence-electron chi connectivity index (χ0n) is 5.77. The second-order valence-electron chi connectivity index (χ2n) is 2.16. The van der Waals surface area contributed by atoms with Gasteiger partial charge >= 0.3 is 0 Å². The molecule has 0 aromatic rings. The van der Waals surface area contributed by atoms with Gasteiger partial charge in [-0.15, -0.1) is 0 Å². The topological polar surface area (TPSA) is 29.4 Å². The summed E-state index contributed by atoms with van der Waals surface area (Å²) in [5.74, 6) is -0.171. The Labute approximate surface area is 74.3 Å². The molecule has 0 saturated heterocycles. The fourth-order valence-corrected chi connectivity index (χ4v) is 1.12. The SMILES string of the molecule is CC1=C/C(=N/Cl)C=C(Cl)C1=O. The molecule has 0 aliphatic heterocycles. The Bertz CT molecular complexity index is 265. The molecule has 0 spiro atoms. The summed E-state index contributed by atoms with van der Waals surface area (Å²) in [6.07, 6.45) is 3.02. The molecule has 0 saturated carbocycles. The summed E-state index contributed by atoms with van der Waals surface area (Å²) in [6, 6.07) is 0. The molecule has 1 aliphatic rings. The highest BCUT2D eigenvalue weighted by molar-refractivity contribution is 6.48. The van der Waals surface area contributed by atoms with Crippen LogP contribution in [0.5, 0.6) is 0 Å². The van der Waals surface area contributed by atoms with Crippen molar-refractivity contribution in [2.75, 3.05) is 0 Å². The number of rotatable bonds is 0. The van der Waals surface area contributed by atoms with Gasteiger partial charge in [-0.05, 0) is 19.1 Å². The molecule has 4 heteroatoms. The summed E-state index contributed by atoms with van der Waals surface area (Å²) in [6.45, 7) is 1.67. The third-order valence-corrected chi connectivity index (χ3v) is 1.79. The summed E-state index contributed by atoms with van der Waals surface area (Å²) in [4.78, 5) is 11.0. The van der Waals surface area contributed by atoms with Crippen molar-refractivity contribution in [1.82, 2.24) is 0 Å². The zero-order chi connectivity index (χ0) is 8.43. The molecule has 0 bridgehead atoms. The van der Waals surface area contributed by atoms with Gasteiger partial charge in [-0.3, -0.25) is 4.79 Å². The fraction of sp³-hybridized carbons (Fsp3) is 0.143. The molecule has 58 valence electrons. The molecule has 0 fully saturated rings. The van der Waals surface area contributed by atoms with Crippen LogP contribution in [0.1, 0.15) is 6.92 Å². The van der Waals surface area contributed by atoms with Gasteiger partial charge in [0.25, 0.3) is 0 Å². The Kier molecular flexibility index (Phi) is 2.47. The van der Waals surface area contributed by atoms with E-state index in [1.165, 1.54) is 6.08 Å². The summed E-state index contributed by atoms with van der Waals surface area (Å²) in [5, 5.41) is 0.157. The van der Waals surface area contributed by atoms with E-state index in [9.17, 15) is 4.79 Å². The first-order valence-electron chi connectivity index (χ1n) is 2.94. The van der Waals surface area contributed by atoms with Crippen molar-refractivity contribution in [2.24, 2.45) is 4.51 Å². The Morgan fingerprint density at radius 1 is 1.45 bits per heavy atom. The first-order chi connectivity index (χ1) is 5.15. The monoisotopic (exact) mass is 189 g/mol. The molecule has 1 aliphatic carbocycles. The van der Waals surface area contributed by atoms with E-state index < -0.39 is 0 Å². The van der Waals surface area contributed by atoms with Crippen LogP contribution >= 0.6 is 23.4 Å². The fourth-order valence-electron chi connectivity index (χ4n) is 0.762. The largest absolute Gasteiger partial charge is 0.288 e. The highest BCUT2D eigenvalue weighted by atomic mass is 35.5. The van der Waals surface area contributed by atoms with Gasteiger partial charge in [0, 0.05) is 17.3 Å². The maximum absolute atomic E-state index is 11.0. The molecule has 0 heterocycles. The number of carbonyl (C=O) groups is 1. The number of halogens is 2. The van der Waals surface area contributed by atoms with E-state index in [1.54, 1.807) is 13.0 Å². The molecule has 0 aromatic carbocycles. The van der Waals surface area contributed by atoms with E-state index in [2.05, 4.69) is 4.51 Å². The van der Waals surface area contributed by atoms with Crippen LogP contribution in [0.4, 0.5) is 0 Å². The Hall–Kier alpha value is -0.600. The lowest BCUT2D eigenvalue weighted by Gasteiger charge is -2.04. The van der Waals surface area contributed by atoms with Gasteiger partial charge in [-0.2, -0.15) is 4.51 Å². The summed E-state index contributed by atoms with van der Waals surface area (Å²) in [5.41, 5.74) is 1.06. The lowest BCUT2D eigenvalue weighted by molar-refractivity contribution is -0.111. The highest BCUT2D eigenvalue weighted by Gasteiger charge is 2.14. The van der Waals surface area contributed by atoms with Crippen molar-refractivity contribution in [3.05, 3.63) is 22.8 Å². The van der Waals surface area contributed by atoms with E-state index >= 15 is 0 Å². The number of Topliss-reactive ketones (excluding diaryl/α,β-unsaturated/α-hetero) is 1. The number of hydrogen-bond acceptors (Lipinski definition) is 2. The van der Waals surface area contributed by atoms with Gasteiger partial charge in [0.2, 0.25) is 0 Å². The van der Waals surface area contributed by atoms with Crippen molar-refractivity contribution >= 4 is 34.9 Å². The second-order valence-corrected chi connectivity index (χ2v) is 2.73. The first-order valence-corrected chi connectivity index (χ1v) is 3.66. The number of nitrogens with zero attached hydrogens (tertiary/aromatic N) is 1. The molecule has 0 atom stereocenters. The predicted molar refractivity (Wildman–Crippen MR) is 46.0 cm³/mol. The van der Waals surface area contributed by atoms with Crippen LogP contribution in [0, 0.1) is 0 Å². The quantitative estimate of drug-likeness (QED) is 0.538. The van der Waals surface area contributed by atoms with Crippen LogP contribution < -0.4 is 0 Å². The molecule has 0 unspecified atom stereocenters. The van der Waals surface area contributed by atoms with E-state index in [4.69, 9.17) is 23.4 Å². The number of allylic oxidation sites excluding steroid dienone is 4. The Balaban J connectivity index is 3.07. The minimum Gasteiger partial charge on any atom is -0.288 e. The first kappa shape index (κ1) is 8.50. The minimum atomic E-state index is -0.171. The molecule has 0 radical (unpaired) electrons. The van der Waals surface area contributed by atoms with Gasteiger partial charge in [-0.25, -0.2) is 0 Å². The molecule has 2 nitrogen and oxygen atoms in total. The van der Waals surface area contributed by atoms with Gasteiger partial charge in [-0.1, -0.05) is 11.6 Å². The second kappa shape index (κ2) is 3.20. The molecule has 0 aromatic heterocycles.